The number of benzene rings is 2. The molecule has 8 heteroatoms. The molecule has 0 radical (unpaired) electrons. The Balaban J connectivity index is 1.96. The molecule has 3 amide bonds. The van der Waals surface area contributed by atoms with Crippen molar-refractivity contribution in [1.29, 1.82) is 0 Å². The van der Waals surface area contributed by atoms with Crippen LogP contribution in [-0.4, -0.2) is 23.9 Å². The molecule has 2 aromatic carbocycles. The molecule has 1 fully saturated rings. The maximum Gasteiger partial charge on any atom is 0.325 e. The first kappa shape index (κ1) is 18.3. The summed E-state index contributed by atoms with van der Waals surface area (Å²) < 4.78 is 33.4. The van der Waals surface area contributed by atoms with Gasteiger partial charge < -0.3 is 10.1 Å². The first-order valence-corrected chi connectivity index (χ1v) is 8.47. The smallest absolute Gasteiger partial charge is 0.325 e. The average molecular weight is 425 g/mol. The lowest BCUT2D eigenvalue weighted by molar-refractivity contribution is -0.131. The molecule has 2 aromatic rings. The Labute approximate surface area is 157 Å². The molecule has 1 atom stereocenters. The lowest BCUT2D eigenvalue weighted by atomic mass is 9.91. The molecule has 0 bridgehead atoms. The van der Waals surface area contributed by atoms with Gasteiger partial charge in [0.2, 0.25) is 0 Å². The van der Waals surface area contributed by atoms with Crippen molar-refractivity contribution in [2.45, 2.75) is 19.0 Å². The normalized spacial score (nSPS) is 19.7. The quantitative estimate of drug-likeness (QED) is 0.761. The van der Waals surface area contributed by atoms with Crippen molar-refractivity contribution in [2.75, 3.05) is 7.11 Å². The minimum absolute atomic E-state index is 0.0499. The Hall–Kier alpha value is -2.48. The predicted octanol–water partition coefficient (Wildman–Crippen LogP) is 3.70. The molecule has 1 unspecified atom stereocenters. The highest BCUT2D eigenvalue weighted by Crippen LogP contribution is 2.33. The number of urea groups is 1. The van der Waals surface area contributed by atoms with Crippen LogP contribution in [0.4, 0.5) is 13.6 Å². The van der Waals surface area contributed by atoms with E-state index >= 15 is 0 Å². The molecule has 0 spiro atoms. The molecule has 5 nitrogen and oxygen atoms in total. The summed E-state index contributed by atoms with van der Waals surface area (Å²) >= 11 is 3.34. The van der Waals surface area contributed by atoms with Gasteiger partial charge in [0.05, 0.1) is 13.7 Å². The van der Waals surface area contributed by atoms with Gasteiger partial charge in [0.1, 0.15) is 22.9 Å². The molecule has 26 heavy (non-hydrogen) atoms. The summed E-state index contributed by atoms with van der Waals surface area (Å²) in [6, 6.07) is 7.43. The molecule has 1 saturated heterocycles. The van der Waals surface area contributed by atoms with Gasteiger partial charge in [-0.25, -0.2) is 13.6 Å². The van der Waals surface area contributed by atoms with Crippen LogP contribution in [-0.2, 0) is 16.9 Å². The molecule has 136 valence electrons. The van der Waals surface area contributed by atoms with E-state index in [1.165, 1.54) is 14.0 Å². The van der Waals surface area contributed by atoms with E-state index in [0.717, 1.165) is 21.5 Å². The number of hydrogen-bond donors (Lipinski definition) is 1. The van der Waals surface area contributed by atoms with E-state index in [2.05, 4.69) is 21.2 Å². The minimum atomic E-state index is -1.62. The van der Waals surface area contributed by atoms with Gasteiger partial charge in [-0.3, -0.25) is 9.69 Å². The molecule has 0 aromatic heterocycles. The number of amides is 3. The van der Waals surface area contributed by atoms with E-state index in [-0.39, 0.29) is 12.1 Å². The van der Waals surface area contributed by atoms with E-state index < -0.39 is 29.1 Å². The van der Waals surface area contributed by atoms with Crippen LogP contribution in [0.3, 0.4) is 0 Å². The van der Waals surface area contributed by atoms with Crippen molar-refractivity contribution in [3.8, 4) is 5.75 Å². The maximum absolute atomic E-state index is 14.2. The van der Waals surface area contributed by atoms with Crippen LogP contribution in [0, 0.1) is 11.6 Å². The number of ether oxygens (including phenoxy) is 1. The second kappa shape index (κ2) is 6.68. The summed E-state index contributed by atoms with van der Waals surface area (Å²) in [5, 5.41) is 2.50. The minimum Gasteiger partial charge on any atom is -0.496 e. The number of nitrogens with zero attached hydrogens (tertiary/aromatic N) is 1. The van der Waals surface area contributed by atoms with Crippen molar-refractivity contribution < 1.29 is 23.1 Å². The Morgan fingerprint density at radius 3 is 2.58 bits per heavy atom. The van der Waals surface area contributed by atoms with Crippen LogP contribution in [0.2, 0.25) is 0 Å². The largest absolute Gasteiger partial charge is 0.496 e. The van der Waals surface area contributed by atoms with Gasteiger partial charge in [-0.05, 0) is 31.2 Å². The second-order valence-electron chi connectivity index (χ2n) is 6.03. The number of halogens is 3. The molecular weight excluding hydrogens is 410 g/mol. The summed E-state index contributed by atoms with van der Waals surface area (Å²) in [5.74, 6) is -1.78. The number of rotatable bonds is 4. The number of hydrogen-bond acceptors (Lipinski definition) is 3. The molecule has 1 aliphatic rings. The van der Waals surface area contributed by atoms with Crippen molar-refractivity contribution in [3.05, 3.63) is 63.6 Å². The molecule has 1 heterocycles. The number of carbonyl (C=O) groups is 2. The predicted molar refractivity (Wildman–Crippen MR) is 93.5 cm³/mol. The molecule has 1 N–H and O–H groups in total. The van der Waals surface area contributed by atoms with Gasteiger partial charge in [0.25, 0.3) is 5.91 Å². The Morgan fingerprint density at radius 1 is 1.19 bits per heavy atom. The van der Waals surface area contributed by atoms with E-state index in [9.17, 15) is 18.4 Å². The van der Waals surface area contributed by atoms with Crippen LogP contribution in [0.5, 0.6) is 5.75 Å². The van der Waals surface area contributed by atoms with Gasteiger partial charge in [-0.2, -0.15) is 0 Å². The average Bonchev–Trinajstić information content (AvgIpc) is 2.79. The molecule has 3 rings (SSSR count). The zero-order valence-corrected chi connectivity index (χ0v) is 15.6. The zero-order chi connectivity index (χ0) is 19.1. The zero-order valence-electron chi connectivity index (χ0n) is 14.0. The fraction of sp³-hybridized carbons (Fsp3) is 0.222. The summed E-state index contributed by atoms with van der Waals surface area (Å²) in [6.45, 7) is 1.34. The fourth-order valence-electron chi connectivity index (χ4n) is 2.96. The van der Waals surface area contributed by atoms with Crippen molar-refractivity contribution in [3.63, 3.8) is 0 Å². The van der Waals surface area contributed by atoms with E-state index in [0.29, 0.717) is 17.4 Å². The highest BCUT2D eigenvalue weighted by Gasteiger charge is 2.50. The van der Waals surface area contributed by atoms with Gasteiger partial charge in [-0.15, -0.1) is 0 Å². The third-order valence-electron chi connectivity index (χ3n) is 4.32. The molecular formula is C18H15BrF2N2O3. The topological polar surface area (TPSA) is 58.6 Å². The van der Waals surface area contributed by atoms with Crippen LogP contribution in [0.25, 0.3) is 0 Å². The SMILES string of the molecule is COc1ccc(Br)cc1CN1C(=O)NC(C)(c2ccc(F)cc2F)C1=O. The van der Waals surface area contributed by atoms with Gasteiger partial charge in [0, 0.05) is 21.7 Å². The van der Waals surface area contributed by atoms with Crippen molar-refractivity contribution >= 4 is 27.9 Å². The van der Waals surface area contributed by atoms with Gasteiger partial charge in [-0.1, -0.05) is 22.0 Å². The summed E-state index contributed by atoms with van der Waals surface area (Å²) in [5.41, 5.74) is -1.11. The number of imide groups is 1. The second-order valence-corrected chi connectivity index (χ2v) is 6.94. The Bertz CT molecular complexity index is 906. The summed E-state index contributed by atoms with van der Waals surface area (Å²) in [6.07, 6.45) is 0. The van der Waals surface area contributed by atoms with Crippen molar-refractivity contribution in [2.24, 2.45) is 0 Å². The Kier molecular flexibility index (Phi) is 4.70. The molecule has 1 aliphatic heterocycles. The van der Waals surface area contributed by atoms with Crippen LogP contribution >= 0.6 is 15.9 Å². The van der Waals surface area contributed by atoms with E-state index in [4.69, 9.17) is 4.74 Å². The Morgan fingerprint density at radius 2 is 1.92 bits per heavy atom. The van der Waals surface area contributed by atoms with Crippen molar-refractivity contribution in [1.82, 2.24) is 10.2 Å². The molecule has 0 saturated carbocycles. The summed E-state index contributed by atoms with van der Waals surface area (Å²) in [7, 11) is 1.48. The maximum atomic E-state index is 14.2. The first-order valence-electron chi connectivity index (χ1n) is 7.68. The van der Waals surface area contributed by atoms with Gasteiger partial charge in [0.15, 0.2) is 0 Å². The van der Waals surface area contributed by atoms with E-state index in [1.807, 2.05) is 0 Å². The number of methoxy groups -OCH3 is 1. The third kappa shape index (κ3) is 3.05. The molecule has 0 aliphatic carbocycles. The third-order valence-corrected chi connectivity index (χ3v) is 4.81. The fourth-order valence-corrected chi connectivity index (χ4v) is 3.37. The first-order chi connectivity index (χ1) is 12.3. The summed E-state index contributed by atoms with van der Waals surface area (Å²) in [4.78, 5) is 26.3. The number of carbonyl (C=O) groups excluding carboxylic acids is 2. The number of nitrogens with one attached hydrogen (secondary N) is 1. The monoisotopic (exact) mass is 424 g/mol. The van der Waals surface area contributed by atoms with Crippen LogP contribution in [0.15, 0.2) is 40.9 Å². The highest BCUT2D eigenvalue weighted by molar-refractivity contribution is 9.10. The van der Waals surface area contributed by atoms with Crippen LogP contribution < -0.4 is 10.1 Å². The van der Waals surface area contributed by atoms with Gasteiger partial charge >= 0.3 is 6.03 Å². The van der Waals surface area contributed by atoms with Crippen LogP contribution in [0.1, 0.15) is 18.1 Å². The standard InChI is InChI=1S/C18H15BrF2N2O3/c1-18(13-5-4-12(20)8-14(13)21)16(24)23(17(25)22-18)9-10-7-11(19)3-6-15(10)26-2/h3-8H,9H2,1-2H3,(H,22,25). The lowest BCUT2D eigenvalue weighted by Gasteiger charge is -2.23. The lowest BCUT2D eigenvalue weighted by Crippen LogP contribution is -2.41. The highest BCUT2D eigenvalue weighted by atomic mass is 79.9. The van der Waals surface area contributed by atoms with E-state index in [1.54, 1.807) is 18.2 Å².